The van der Waals surface area contributed by atoms with E-state index in [1.807, 2.05) is 6.07 Å². The molecule has 0 fully saturated rings. The molecule has 2 heterocycles. The maximum absolute atomic E-state index is 7.10. The van der Waals surface area contributed by atoms with Gasteiger partial charge in [-0.1, -0.05) is 147 Å². The smallest absolute Gasteiger partial charge is 0.159 e. The van der Waals surface area contributed by atoms with Crippen LogP contribution in [-0.2, 0) is 10.8 Å². The Morgan fingerprint density at radius 2 is 1.14 bits per heavy atom. The third kappa shape index (κ3) is 4.07. The number of furan rings is 2. The Morgan fingerprint density at radius 3 is 1.93 bits per heavy atom. The van der Waals surface area contributed by atoms with Crippen LogP contribution in [0.25, 0.3) is 55.0 Å². The lowest BCUT2D eigenvalue weighted by molar-refractivity contribution is 0.394. The number of nitrogens with zero attached hydrogens (tertiary/aromatic N) is 1. The SMILES string of the molecule is CC1(c2ccc(N(c3ccc4c(c3)C(C)(C)C3C=CC=CC43)c3cccc4c3oc3ccccc34)c3c2oc2ccccc23)c2ccccc2-c2ccccc21. The van der Waals surface area contributed by atoms with Crippen molar-refractivity contribution >= 4 is 60.9 Å². The Hall–Kier alpha value is -6.58. The van der Waals surface area contributed by atoms with Crippen molar-refractivity contribution in [3.63, 3.8) is 0 Å². The summed E-state index contributed by atoms with van der Waals surface area (Å²) in [5, 5.41) is 4.39. The topological polar surface area (TPSA) is 29.5 Å². The largest absolute Gasteiger partial charge is 0.456 e. The van der Waals surface area contributed by atoms with Crippen molar-refractivity contribution in [3.05, 3.63) is 198 Å². The van der Waals surface area contributed by atoms with Crippen LogP contribution in [0.15, 0.2) is 179 Å². The first-order valence-corrected chi connectivity index (χ1v) is 19.8. The molecule has 7 aromatic carbocycles. The molecule has 3 aliphatic rings. The predicted molar refractivity (Wildman–Crippen MR) is 231 cm³/mol. The fourth-order valence-corrected chi connectivity index (χ4v) is 10.8. The molecule has 56 heavy (non-hydrogen) atoms. The highest BCUT2D eigenvalue weighted by atomic mass is 16.3. The van der Waals surface area contributed by atoms with Crippen LogP contribution in [-0.4, -0.2) is 0 Å². The number of hydrogen-bond donors (Lipinski definition) is 0. The van der Waals surface area contributed by atoms with Gasteiger partial charge in [0.2, 0.25) is 0 Å². The normalized spacial score (nSPS) is 18.4. The Bertz CT molecular complexity index is 3120. The summed E-state index contributed by atoms with van der Waals surface area (Å²) in [6.45, 7) is 7.18. The molecule has 268 valence electrons. The van der Waals surface area contributed by atoms with E-state index in [1.165, 1.54) is 33.4 Å². The van der Waals surface area contributed by atoms with Gasteiger partial charge in [0, 0.05) is 38.7 Å². The summed E-state index contributed by atoms with van der Waals surface area (Å²) < 4.78 is 13.9. The quantitative estimate of drug-likeness (QED) is 0.181. The molecule has 0 saturated carbocycles. The van der Waals surface area contributed by atoms with Crippen LogP contribution >= 0.6 is 0 Å². The van der Waals surface area contributed by atoms with Crippen LogP contribution < -0.4 is 4.90 Å². The fraction of sp³-hybridized carbons (Fsp3) is 0.132. The monoisotopic (exact) mass is 721 g/mol. The molecule has 0 radical (unpaired) electrons. The average Bonchev–Trinajstić information content (AvgIpc) is 3.95. The number of benzene rings is 7. The van der Waals surface area contributed by atoms with Crippen molar-refractivity contribution in [2.75, 3.05) is 4.90 Å². The molecule has 3 heteroatoms. The Balaban J connectivity index is 1.18. The van der Waals surface area contributed by atoms with Gasteiger partial charge in [0.05, 0.1) is 16.8 Å². The highest BCUT2D eigenvalue weighted by Crippen LogP contribution is 2.58. The van der Waals surface area contributed by atoms with E-state index in [9.17, 15) is 0 Å². The molecule has 0 saturated heterocycles. The number of fused-ring (bicyclic) bond motifs is 12. The number of anilines is 3. The van der Waals surface area contributed by atoms with Crippen molar-refractivity contribution in [2.45, 2.75) is 37.5 Å². The summed E-state index contributed by atoms with van der Waals surface area (Å²) in [6.07, 6.45) is 9.20. The van der Waals surface area contributed by atoms with Gasteiger partial charge in [0.15, 0.2) is 5.58 Å². The van der Waals surface area contributed by atoms with E-state index < -0.39 is 5.41 Å². The molecule has 0 amide bonds. The molecule has 3 aliphatic carbocycles. The van der Waals surface area contributed by atoms with E-state index in [0.717, 1.165) is 66.5 Å². The Kier molecular flexibility index (Phi) is 6.37. The van der Waals surface area contributed by atoms with E-state index in [0.29, 0.717) is 11.8 Å². The highest BCUT2D eigenvalue weighted by Gasteiger charge is 2.46. The molecule has 2 aromatic heterocycles. The summed E-state index contributed by atoms with van der Waals surface area (Å²) in [7, 11) is 0. The van der Waals surface area contributed by atoms with Crippen molar-refractivity contribution in [2.24, 2.45) is 5.92 Å². The first-order valence-electron chi connectivity index (χ1n) is 19.8. The standard InChI is InChI=1S/C53H39NO2/c1-52(2)40-21-9-4-15-33(40)36-28-27-32(31-44(36)52)54(46-24-14-20-38-37-18-7-12-25-47(37)55-50(38)46)45-30-29-43(51-49(45)39-19-8-13-26-48(39)56-51)53(3)41-22-10-5-16-34(41)35-17-6-11-23-42(35)53/h4-31,33,40H,1-3H3. The molecule has 3 nitrogen and oxygen atoms in total. The Morgan fingerprint density at radius 1 is 0.500 bits per heavy atom. The number of allylic oxidation sites excluding steroid dienone is 4. The lowest BCUT2D eigenvalue weighted by atomic mass is 9.73. The lowest BCUT2D eigenvalue weighted by Gasteiger charge is -2.32. The highest BCUT2D eigenvalue weighted by molar-refractivity contribution is 6.17. The summed E-state index contributed by atoms with van der Waals surface area (Å²) in [5.41, 5.74) is 15.3. The van der Waals surface area contributed by atoms with E-state index in [4.69, 9.17) is 8.83 Å². The van der Waals surface area contributed by atoms with E-state index >= 15 is 0 Å². The van der Waals surface area contributed by atoms with Crippen LogP contribution in [0.5, 0.6) is 0 Å². The van der Waals surface area contributed by atoms with Crippen LogP contribution in [0.4, 0.5) is 17.1 Å². The summed E-state index contributed by atoms with van der Waals surface area (Å²) in [6, 6.07) is 53.0. The summed E-state index contributed by atoms with van der Waals surface area (Å²) >= 11 is 0. The average molecular weight is 722 g/mol. The predicted octanol–water partition coefficient (Wildman–Crippen LogP) is 14.4. The third-order valence-corrected chi connectivity index (χ3v) is 13.4. The van der Waals surface area contributed by atoms with Gasteiger partial charge in [0.25, 0.3) is 0 Å². The second kappa shape index (κ2) is 11.2. The molecule has 2 atom stereocenters. The minimum absolute atomic E-state index is 0.0479. The number of rotatable bonds is 4. The molecule has 0 spiro atoms. The van der Waals surface area contributed by atoms with Gasteiger partial charge in [-0.3, -0.25) is 0 Å². The van der Waals surface area contributed by atoms with Gasteiger partial charge < -0.3 is 13.7 Å². The van der Waals surface area contributed by atoms with Crippen molar-refractivity contribution in [3.8, 4) is 11.1 Å². The lowest BCUT2D eigenvalue weighted by Crippen LogP contribution is -2.24. The molecular formula is C53H39NO2. The minimum atomic E-state index is -0.434. The first-order chi connectivity index (χ1) is 27.4. The van der Waals surface area contributed by atoms with Crippen LogP contribution in [0.1, 0.15) is 54.5 Å². The fourth-order valence-electron chi connectivity index (χ4n) is 10.8. The van der Waals surface area contributed by atoms with Gasteiger partial charge in [-0.15, -0.1) is 0 Å². The molecular weight excluding hydrogens is 683 g/mol. The van der Waals surface area contributed by atoms with E-state index in [1.54, 1.807) is 0 Å². The summed E-state index contributed by atoms with van der Waals surface area (Å²) in [4.78, 5) is 2.43. The zero-order valence-corrected chi connectivity index (χ0v) is 31.6. The first kappa shape index (κ1) is 31.7. The molecule has 9 aromatic rings. The molecule has 0 bridgehead atoms. The van der Waals surface area contributed by atoms with Gasteiger partial charge in [-0.05, 0) is 88.0 Å². The second-order valence-corrected chi connectivity index (χ2v) is 16.6. The number of hydrogen-bond acceptors (Lipinski definition) is 3. The molecule has 2 unspecified atom stereocenters. The second-order valence-electron chi connectivity index (χ2n) is 16.6. The molecule has 12 rings (SSSR count). The number of para-hydroxylation sites is 3. The zero-order chi connectivity index (χ0) is 37.3. The third-order valence-electron chi connectivity index (χ3n) is 13.4. The minimum Gasteiger partial charge on any atom is -0.456 e. The summed E-state index contributed by atoms with van der Waals surface area (Å²) in [5.74, 6) is 0.778. The van der Waals surface area contributed by atoms with Gasteiger partial charge in [-0.2, -0.15) is 0 Å². The van der Waals surface area contributed by atoms with Crippen molar-refractivity contribution < 1.29 is 8.83 Å². The van der Waals surface area contributed by atoms with E-state index in [2.05, 4.69) is 190 Å². The maximum Gasteiger partial charge on any atom is 0.159 e. The zero-order valence-electron chi connectivity index (χ0n) is 31.6. The van der Waals surface area contributed by atoms with Crippen LogP contribution in [0.3, 0.4) is 0 Å². The maximum atomic E-state index is 7.10. The molecule has 0 N–H and O–H groups in total. The van der Waals surface area contributed by atoms with E-state index in [-0.39, 0.29) is 5.41 Å². The molecule has 0 aliphatic heterocycles. The van der Waals surface area contributed by atoms with Gasteiger partial charge >= 0.3 is 0 Å². The Labute approximate surface area is 325 Å². The van der Waals surface area contributed by atoms with Crippen LogP contribution in [0, 0.1) is 5.92 Å². The van der Waals surface area contributed by atoms with Crippen molar-refractivity contribution in [1.29, 1.82) is 0 Å². The van der Waals surface area contributed by atoms with Gasteiger partial charge in [0.1, 0.15) is 16.7 Å². The van der Waals surface area contributed by atoms with Crippen molar-refractivity contribution in [1.82, 2.24) is 0 Å². The van der Waals surface area contributed by atoms with Crippen LogP contribution in [0.2, 0.25) is 0 Å². The van der Waals surface area contributed by atoms with Gasteiger partial charge in [-0.25, -0.2) is 0 Å².